The van der Waals surface area contributed by atoms with E-state index in [9.17, 15) is 17.6 Å². The minimum absolute atomic E-state index is 0.0867. The number of aryl methyl sites for hydroxylation is 1. The highest BCUT2D eigenvalue weighted by Crippen LogP contribution is 2.18. The summed E-state index contributed by atoms with van der Waals surface area (Å²) in [5, 5.41) is 2.61. The van der Waals surface area contributed by atoms with E-state index in [1.165, 1.54) is 36.4 Å². The first-order valence-electron chi connectivity index (χ1n) is 7.96. The third-order valence-electron chi connectivity index (χ3n) is 3.66. The van der Waals surface area contributed by atoms with Crippen molar-refractivity contribution >= 4 is 27.4 Å². The number of amides is 1. The Kier molecular flexibility index (Phi) is 5.18. The number of halogens is 1. The van der Waals surface area contributed by atoms with Gasteiger partial charge in [-0.2, -0.15) is 0 Å². The molecule has 0 fully saturated rings. The molecule has 27 heavy (non-hydrogen) atoms. The Morgan fingerprint density at radius 2 is 1.78 bits per heavy atom. The number of hydrogen-bond donors (Lipinski definition) is 2. The second kappa shape index (κ2) is 7.55. The zero-order valence-corrected chi connectivity index (χ0v) is 15.1. The van der Waals surface area contributed by atoms with Gasteiger partial charge in [-0.05, 0) is 61.0 Å². The predicted molar refractivity (Wildman–Crippen MR) is 101 cm³/mol. The summed E-state index contributed by atoms with van der Waals surface area (Å²) in [5.41, 5.74) is 1.34. The van der Waals surface area contributed by atoms with Crippen LogP contribution < -0.4 is 10.0 Å². The molecule has 0 aliphatic rings. The van der Waals surface area contributed by atoms with Crippen molar-refractivity contribution in [2.24, 2.45) is 0 Å². The summed E-state index contributed by atoms with van der Waals surface area (Å²) in [6.45, 7) is 1.88. The van der Waals surface area contributed by atoms with Gasteiger partial charge in [-0.3, -0.25) is 9.52 Å². The van der Waals surface area contributed by atoms with Gasteiger partial charge in [0.05, 0.1) is 4.90 Å². The molecule has 8 heteroatoms. The molecule has 0 unspecified atom stereocenters. The fraction of sp³-hybridized carbons (Fsp3) is 0.0526. The number of hydrogen-bond acceptors (Lipinski definition) is 4. The third-order valence-corrected chi connectivity index (χ3v) is 5.03. The summed E-state index contributed by atoms with van der Waals surface area (Å²) >= 11 is 0. The maximum atomic E-state index is 13.0. The molecule has 0 atom stereocenters. The van der Waals surface area contributed by atoms with E-state index >= 15 is 0 Å². The molecule has 0 spiro atoms. The molecule has 0 aliphatic carbocycles. The molecule has 138 valence electrons. The number of rotatable bonds is 5. The molecule has 0 aliphatic heterocycles. The minimum Gasteiger partial charge on any atom is -0.307 e. The van der Waals surface area contributed by atoms with Crippen molar-refractivity contribution in [3.63, 3.8) is 0 Å². The standard InChI is InChI=1S/C19H16FN3O3S/c1-13-5-10-18(21-12-13)22-19(24)14-3-2-4-17(11-14)27(25,26)23-16-8-6-15(20)7-9-16/h2-12,23H,1H3,(H,21,22,24). The lowest BCUT2D eigenvalue weighted by Crippen LogP contribution is -2.16. The van der Waals surface area contributed by atoms with Crippen molar-refractivity contribution in [1.29, 1.82) is 0 Å². The van der Waals surface area contributed by atoms with Crippen LogP contribution >= 0.6 is 0 Å². The average Bonchev–Trinajstić information content (AvgIpc) is 2.65. The Hall–Kier alpha value is -3.26. The van der Waals surface area contributed by atoms with E-state index in [2.05, 4.69) is 15.0 Å². The molecule has 3 aromatic rings. The number of nitrogens with zero attached hydrogens (tertiary/aromatic N) is 1. The van der Waals surface area contributed by atoms with Crippen LogP contribution in [0.25, 0.3) is 0 Å². The molecular weight excluding hydrogens is 369 g/mol. The van der Waals surface area contributed by atoms with Gasteiger partial charge in [0.1, 0.15) is 11.6 Å². The predicted octanol–water partition coefficient (Wildman–Crippen LogP) is 3.58. The fourth-order valence-electron chi connectivity index (χ4n) is 2.27. The Balaban J connectivity index is 1.80. The van der Waals surface area contributed by atoms with Crippen molar-refractivity contribution in [3.05, 3.63) is 83.8 Å². The van der Waals surface area contributed by atoms with E-state index in [-0.39, 0.29) is 16.1 Å². The van der Waals surface area contributed by atoms with Gasteiger partial charge in [0.2, 0.25) is 0 Å². The summed E-state index contributed by atoms with van der Waals surface area (Å²) < 4.78 is 40.3. The number of anilines is 2. The van der Waals surface area contributed by atoms with Gasteiger partial charge in [0, 0.05) is 17.4 Å². The number of nitrogens with one attached hydrogen (secondary N) is 2. The summed E-state index contributed by atoms with van der Waals surface area (Å²) in [6, 6.07) is 14.0. The molecule has 2 N–H and O–H groups in total. The SMILES string of the molecule is Cc1ccc(NC(=O)c2cccc(S(=O)(=O)Nc3ccc(F)cc3)c2)nc1. The van der Waals surface area contributed by atoms with Crippen molar-refractivity contribution in [1.82, 2.24) is 4.98 Å². The van der Waals surface area contributed by atoms with Gasteiger partial charge in [-0.15, -0.1) is 0 Å². The first kappa shape index (κ1) is 18.5. The summed E-state index contributed by atoms with van der Waals surface area (Å²) in [5.74, 6) is -0.588. The summed E-state index contributed by atoms with van der Waals surface area (Å²) in [4.78, 5) is 16.4. The number of aromatic nitrogens is 1. The monoisotopic (exact) mass is 385 g/mol. The lowest BCUT2D eigenvalue weighted by Gasteiger charge is -2.10. The number of benzene rings is 2. The van der Waals surface area contributed by atoms with Gasteiger partial charge >= 0.3 is 0 Å². The Morgan fingerprint density at radius 3 is 2.44 bits per heavy atom. The van der Waals surface area contributed by atoms with Gasteiger partial charge in [0.25, 0.3) is 15.9 Å². The Labute approximate surface area is 156 Å². The van der Waals surface area contributed by atoms with Crippen LogP contribution in [0, 0.1) is 12.7 Å². The van der Waals surface area contributed by atoms with E-state index in [1.807, 2.05) is 6.92 Å². The van der Waals surface area contributed by atoms with Crippen LogP contribution in [0.15, 0.2) is 71.8 Å². The van der Waals surface area contributed by atoms with Crippen molar-refractivity contribution < 1.29 is 17.6 Å². The van der Waals surface area contributed by atoms with E-state index in [0.29, 0.717) is 5.82 Å². The van der Waals surface area contributed by atoms with Crippen LogP contribution in [-0.4, -0.2) is 19.3 Å². The topological polar surface area (TPSA) is 88.2 Å². The molecule has 6 nitrogen and oxygen atoms in total. The van der Waals surface area contributed by atoms with Crippen LogP contribution in [0.4, 0.5) is 15.9 Å². The molecule has 0 radical (unpaired) electrons. The second-order valence-electron chi connectivity index (χ2n) is 5.82. The maximum Gasteiger partial charge on any atom is 0.261 e. The van der Waals surface area contributed by atoms with E-state index in [0.717, 1.165) is 17.7 Å². The highest BCUT2D eigenvalue weighted by Gasteiger charge is 2.17. The largest absolute Gasteiger partial charge is 0.307 e. The first-order valence-corrected chi connectivity index (χ1v) is 9.44. The zero-order chi connectivity index (χ0) is 19.4. The maximum absolute atomic E-state index is 13.0. The summed E-state index contributed by atoms with van der Waals surface area (Å²) in [6.07, 6.45) is 1.61. The molecule has 3 rings (SSSR count). The molecule has 0 bridgehead atoms. The molecule has 1 amide bonds. The molecule has 1 heterocycles. The first-order chi connectivity index (χ1) is 12.8. The second-order valence-corrected chi connectivity index (χ2v) is 7.50. The molecule has 1 aromatic heterocycles. The minimum atomic E-state index is -3.93. The number of carbonyl (C=O) groups excluding carboxylic acids is 1. The van der Waals surface area contributed by atoms with Crippen LogP contribution in [0.2, 0.25) is 0 Å². The van der Waals surface area contributed by atoms with Crippen molar-refractivity contribution in [2.45, 2.75) is 11.8 Å². The number of sulfonamides is 1. The van der Waals surface area contributed by atoms with Crippen LogP contribution in [-0.2, 0) is 10.0 Å². The van der Waals surface area contributed by atoms with Crippen molar-refractivity contribution in [2.75, 3.05) is 10.0 Å². The van der Waals surface area contributed by atoms with E-state index in [1.54, 1.807) is 18.3 Å². The molecule has 0 saturated heterocycles. The average molecular weight is 385 g/mol. The lowest BCUT2D eigenvalue weighted by atomic mass is 10.2. The van der Waals surface area contributed by atoms with Crippen LogP contribution in [0.1, 0.15) is 15.9 Å². The van der Waals surface area contributed by atoms with Gasteiger partial charge in [0.15, 0.2) is 0 Å². The number of pyridine rings is 1. The van der Waals surface area contributed by atoms with Gasteiger partial charge in [-0.1, -0.05) is 12.1 Å². The molecule has 2 aromatic carbocycles. The lowest BCUT2D eigenvalue weighted by molar-refractivity contribution is 0.102. The van der Waals surface area contributed by atoms with Gasteiger partial charge < -0.3 is 5.32 Å². The van der Waals surface area contributed by atoms with Crippen LogP contribution in [0.5, 0.6) is 0 Å². The molecule has 0 saturated carbocycles. The fourth-order valence-corrected chi connectivity index (χ4v) is 3.37. The van der Waals surface area contributed by atoms with E-state index < -0.39 is 21.7 Å². The Bertz CT molecular complexity index is 1070. The van der Waals surface area contributed by atoms with Crippen molar-refractivity contribution in [3.8, 4) is 0 Å². The number of carbonyl (C=O) groups is 1. The normalized spacial score (nSPS) is 11.0. The van der Waals surface area contributed by atoms with Gasteiger partial charge in [-0.25, -0.2) is 17.8 Å². The highest BCUT2D eigenvalue weighted by molar-refractivity contribution is 7.92. The molecular formula is C19H16FN3O3S. The third kappa shape index (κ3) is 4.68. The van der Waals surface area contributed by atoms with E-state index in [4.69, 9.17) is 0 Å². The summed E-state index contributed by atoms with van der Waals surface area (Å²) in [7, 11) is -3.93. The van der Waals surface area contributed by atoms with Crippen LogP contribution in [0.3, 0.4) is 0 Å². The zero-order valence-electron chi connectivity index (χ0n) is 14.3. The highest BCUT2D eigenvalue weighted by atomic mass is 32.2. The Morgan fingerprint density at radius 1 is 1.04 bits per heavy atom. The quantitative estimate of drug-likeness (QED) is 0.703. The smallest absolute Gasteiger partial charge is 0.261 e.